The first-order valence-electron chi connectivity index (χ1n) is 8.21. The van der Waals surface area contributed by atoms with Crippen LogP contribution in [-0.4, -0.2) is 53.7 Å². The van der Waals surface area contributed by atoms with Crippen LogP contribution in [-0.2, 0) is 28.3 Å². The Labute approximate surface area is 145 Å². The predicted octanol–water partition coefficient (Wildman–Crippen LogP) is 0.831. The molecule has 0 aromatic carbocycles. The number of aromatic nitrogens is 2. The minimum absolute atomic E-state index is 0.0957. The summed E-state index contributed by atoms with van der Waals surface area (Å²) in [6.07, 6.45) is 3.25. The lowest BCUT2D eigenvalue weighted by Crippen LogP contribution is -2.47. The van der Waals surface area contributed by atoms with E-state index < -0.39 is 27.9 Å². The number of alkyl halides is 2. The van der Waals surface area contributed by atoms with Crippen LogP contribution in [0.1, 0.15) is 36.6 Å². The molecule has 1 atom stereocenters. The number of nitrogens with one attached hydrogen (secondary N) is 1. The molecule has 10 heteroatoms. The van der Waals surface area contributed by atoms with Gasteiger partial charge in [0.1, 0.15) is 6.04 Å². The van der Waals surface area contributed by atoms with E-state index in [1.807, 2.05) is 0 Å². The van der Waals surface area contributed by atoms with Crippen molar-refractivity contribution in [2.45, 2.75) is 37.6 Å². The van der Waals surface area contributed by atoms with Crippen molar-refractivity contribution in [3.8, 4) is 0 Å². The summed E-state index contributed by atoms with van der Waals surface area (Å²) in [7, 11) is -1.82. The second-order valence-corrected chi connectivity index (χ2v) is 8.84. The van der Waals surface area contributed by atoms with Crippen LogP contribution in [0.25, 0.3) is 0 Å². The number of aryl methyl sites for hydroxylation is 1. The quantitative estimate of drug-likeness (QED) is 0.825. The fourth-order valence-electron chi connectivity index (χ4n) is 3.63. The van der Waals surface area contributed by atoms with E-state index in [4.69, 9.17) is 0 Å². The average Bonchev–Trinajstić information content (AvgIpc) is 2.85. The van der Waals surface area contributed by atoms with Gasteiger partial charge in [0.15, 0.2) is 0 Å². The topological polar surface area (TPSA) is 84.3 Å². The summed E-state index contributed by atoms with van der Waals surface area (Å²) in [5, 5.41) is 6.83. The largest absolute Gasteiger partial charge is 0.354 e. The van der Waals surface area contributed by atoms with Crippen molar-refractivity contribution in [1.82, 2.24) is 19.4 Å². The molecule has 0 bridgehead atoms. The number of fused-ring (bicyclic) bond motifs is 1. The van der Waals surface area contributed by atoms with Crippen LogP contribution in [0.4, 0.5) is 8.78 Å². The average molecular weight is 376 g/mol. The Morgan fingerprint density at radius 2 is 2.12 bits per heavy atom. The number of hydrogen-bond donors (Lipinski definition) is 1. The number of amides is 1. The number of hydrogen-bond acceptors (Lipinski definition) is 4. The smallest absolute Gasteiger partial charge is 0.248 e. The second kappa shape index (κ2) is 6.31. The summed E-state index contributed by atoms with van der Waals surface area (Å²) in [5.74, 6) is -3.11. The molecule has 2 aliphatic rings. The van der Waals surface area contributed by atoms with Crippen LogP contribution in [0.15, 0.2) is 6.20 Å². The summed E-state index contributed by atoms with van der Waals surface area (Å²) < 4.78 is 52.6. The zero-order chi connectivity index (χ0) is 18.4. The molecule has 0 radical (unpaired) electrons. The molecule has 1 aromatic heterocycles. The third kappa shape index (κ3) is 3.69. The van der Waals surface area contributed by atoms with Gasteiger partial charge in [0.2, 0.25) is 21.9 Å². The molecule has 0 spiro atoms. The van der Waals surface area contributed by atoms with Gasteiger partial charge in [-0.15, -0.1) is 0 Å². The van der Waals surface area contributed by atoms with Gasteiger partial charge in [0, 0.05) is 50.7 Å². The molecule has 25 heavy (non-hydrogen) atoms. The lowest BCUT2D eigenvalue weighted by Gasteiger charge is -2.35. The third-order valence-corrected chi connectivity index (χ3v) is 6.19. The molecule has 1 amide bonds. The number of sulfonamides is 1. The van der Waals surface area contributed by atoms with E-state index >= 15 is 0 Å². The first-order valence-corrected chi connectivity index (χ1v) is 10.1. The van der Waals surface area contributed by atoms with Crippen molar-refractivity contribution in [3.05, 3.63) is 17.5 Å². The van der Waals surface area contributed by atoms with Crippen LogP contribution in [0.3, 0.4) is 0 Å². The fourth-order valence-corrected chi connectivity index (χ4v) is 4.64. The molecule has 140 valence electrons. The Balaban J connectivity index is 1.69. The fraction of sp³-hybridized carbons (Fsp3) is 0.733. The SMILES string of the molecule is Cn1ncc2c1CCN(S(C)(=O)=O)C2C(=O)NCCC1CC(F)(F)C1. The molecule has 0 saturated heterocycles. The highest BCUT2D eigenvalue weighted by atomic mass is 32.2. The van der Waals surface area contributed by atoms with Gasteiger partial charge in [-0.1, -0.05) is 0 Å². The van der Waals surface area contributed by atoms with Crippen molar-refractivity contribution >= 4 is 15.9 Å². The van der Waals surface area contributed by atoms with E-state index in [0.29, 0.717) is 18.4 Å². The van der Waals surface area contributed by atoms with Crippen molar-refractivity contribution in [3.63, 3.8) is 0 Å². The van der Waals surface area contributed by atoms with Crippen molar-refractivity contribution in [2.75, 3.05) is 19.3 Å². The number of carbonyl (C=O) groups excluding carboxylic acids is 1. The van der Waals surface area contributed by atoms with Crippen molar-refractivity contribution in [2.24, 2.45) is 13.0 Å². The van der Waals surface area contributed by atoms with E-state index in [1.54, 1.807) is 11.7 Å². The number of rotatable bonds is 5. The van der Waals surface area contributed by atoms with Crippen molar-refractivity contribution < 1.29 is 22.0 Å². The van der Waals surface area contributed by atoms with E-state index in [1.165, 1.54) is 10.5 Å². The first-order chi connectivity index (χ1) is 11.6. The monoisotopic (exact) mass is 376 g/mol. The summed E-state index contributed by atoms with van der Waals surface area (Å²) in [6.45, 7) is 0.460. The molecule has 2 heterocycles. The Morgan fingerprint density at radius 1 is 1.44 bits per heavy atom. The highest BCUT2D eigenvalue weighted by Gasteiger charge is 2.45. The zero-order valence-electron chi connectivity index (χ0n) is 14.2. The lowest BCUT2D eigenvalue weighted by molar-refractivity contribution is -0.126. The molecule has 1 aromatic rings. The second-order valence-electron chi connectivity index (χ2n) is 6.91. The minimum Gasteiger partial charge on any atom is -0.354 e. The first kappa shape index (κ1) is 18.2. The van der Waals surface area contributed by atoms with Crippen LogP contribution in [0, 0.1) is 5.92 Å². The van der Waals surface area contributed by atoms with E-state index in [0.717, 1.165) is 11.9 Å². The maximum absolute atomic E-state index is 12.8. The van der Waals surface area contributed by atoms with E-state index in [-0.39, 0.29) is 31.8 Å². The zero-order valence-corrected chi connectivity index (χ0v) is 15.0. The van der Waals surface area contributed by atoms with Crippen LogP contribution < -0.4 is 5.32 Å². The van der Waals surface area contributed by atoms with E-state index in [9.17, 15) is 22.0 Å². The molecule has 1 aliphatic heterocycles. The van der Waals surface area contributed by atoms with Gasteiger partial charge in [-0.3, -0.25) is 9.48 Å². The Hall–Kier alpha value is -1.55. The lowest BCUT2D eigenvalue weighted by atomic mass is 9.79. The van der Waals surface area contributed by atoms with Crippen LogP contribution in [0.2, 0.25) is 0 Å². The molecule has 1 saturated carbocycles. The predicted molar refractivity (Wildman–Crippen MR) is 86.5 cm³/mol. The molecule has 7 nitrogen and oxygen atoms in total. The molecule has 1 unspecified atom stereocenters. The molecule has 1 aliphatic carbocycles. The summed E-state index contributed by atoms with van der Waals surface area (Å²) in [5.41, 5.74) is 1.41. The molecule has 1 N–H and O–H groups in total. The highest BCUT2D eigenvalue weighted by Crippen LogP contribution is 2.43. The van der Waals surface area contributed by atoms with Gasteiger partial charge in [0.25, 0.3) is 0 Å². The molecular formula is C15H22F2N4O3S. The Kier molecular flexibility index (Phi) is 4.61. The van der Waals surface area contributed by atoms with E-state index in [2.05, 4.69) is 10.4 Å². The number of carbonyl (C=O) groups is 1. The van der Waals surface area contributed by atoms with Gasteiger partial charge < -0.3 is 5.32 Å². The molecule has 3 rings (SSSR count). The summed E-state index contributed by atoms with van der Waals surface area (Å²) in [6, 6.07) is -0.963. The summed E-state index contributed by atoms with van der Waals surface area (Å²) in [4.78, 5) is 12.6. The van der Waals surface area contributed by atoms with Gasteiger partial charge in [-0.25, -0.2) is 17.2 Å². The highest BCUT2D eigenvalue weighted by molar-refractivity contribution is 7.88. The summed E-state index contributed by atoms with van der Waals surface area (Å²) >= 11 is 0. The normalized spacial score (nSPS) is 23.8. The van der Waals surface area contributed by atoms with Gasteiger partial charge in [0.05, 0.1) is 12.5 Å². The molecule has 1 fully saturated rings. The molecular weight excluding hydrogens is 354 g/mol. The maximum Gasteiger partial charge on any atom is 0.248 e. The number of nitrogens with zero attached hydrogens (tertiary/aromatic N) is 3. The standard InChI is InChI=1S/C15H22F2N4O3S/c1-20-12-4-6-21(25(2,23)24)13(11(12)9-19-20)14(22)18-5-3-10-7-15(16,17)8-10/h9-10,13H,3-8H2,1-2H3,(H,18,22). The number of halogens is 2. The maximum atomic E-state index is 12.8. The van der Waals surface area contributed by atoms with Crippen LogP contribution >= 0.6 is 0 Å². The van der Waals surface area contributed by atoms with Crippen LogP contribution in [0.5, 0.6) is 0 Å². The Bertz CT molecular complexity index is 770. The minimum atomic E-state index is -3.57. The van der Waals surface area contributed by atoms with Gasteiger partial charge >= 0.3 is 0 Å². The Morgan fingerprint density at radius 3 is 2.72 bits per heavy atom. The third-order valence-electron chi connectivity index (χ3n) is 4.95. The van der Waals surface area contributed by atoms with Crippen molar-refractivity contribution in [1.29, 1.82) is 0 Å². The van der Waals surface area contributed by atoms with Gasteiger partial charge in [-0.2, -0.15) is 9.40 Å². The van der Waals surface area contributed by atoms with Gasteiger partial charge in [-0.05, 0) is 12.3 Å².